The highest BCUT2D eigenvalue weighted by Crippen LogP contribution is 2.15. The van der Waals surface area contributed by atoms with Crippen molar-refractivity contribution in [1.82, 2.24) is 4.98 Å². The summed E-state index contributed by atoms with van der Waals surface area (Å²) in [5.41, 5.74) is 3.36. The van der Waals surface area contributed by atoms with E-state index in [-0.39, 0.29) is 5.91 Å². The van der Waals surface area contributed by atoms with Crippen LogP contribution in [0.15, 0.2) is 48.7 Å². The predicted octanol–water partition coefficient (Wildman–Crippen LogP) is 4.17. The van der Waals surface area contributed by atoms with Crippen molar-refractivity contribution in [2.24, 2.45) is 0 Å². The van der Waals surface area contributed by atoms with Crippen LogP contribution in [-0.4, -0.2) is 10.9 Å². The molecule has 1 heterocycles. The zero-order chi connectivity index (χ0) is 15.2. The van der Waals surface area contributed by atoms with Crippen LogP contribution < -0.4 is 5.32 Å². The number of carbonyl (C=O) groups is 1. The predicted molar refractivity (Wildman–Crippen MR) is 87.2 cm³/mol. The highest BCUT2D eigenvalue weighted by molar-refractivity contribution is 6.01. The Bertz CT molecular complexity index is 643. The number of pyridine rings is 1. The summed E-state index contributed by atoms with van der Waals surface area (Å²) in [5.74, 6) is 0.902. The van der Waals surface area contributed by atoms with E-state index in [1.807, 2.05) is 31.2 Å². The number of amides is 1. The molecule has 0 atom stereocenters. The monoisotopic (exact) mass is 280 g/mol. The van der Waals surface area contributed by atoms with Crippen LogP contribution in [0.1, 0.15) is 36.5 Å². The molecule has 1 amide bonds. The fourth-order valence-corrected chi connectivity index (χ4v) is 1.94. The van der Waals surface area contributed by atoms with E-state index in [0.717, 1.165) is 11.1 Å². The van der Waals surface area contributed by atoms with Crippen molar-refractivity contribution in [2.45, 2.75) is 26.7 Å². The van der Waals surface area contributed by atoms with E-state index in [1.165, 1.54) is 11.6 Å². The Labute approximate surface area is 125 Å². The summed E-state index contributed by atoms with van der Waals surface area (Å²) in [6, 6.07) is 11.9. The van der Waals surface area contributed by atoms with E-state index in [0.29, 0.717) is 11.7 Å². The van der Waals surface area contributed by atoms with Gasteiger partial charge in [0.2, 0.25) is 5.91 Å². The van der Waals surface area contributed by atoms with Crippen molar-refractivity contribution >= 4 is 17.8 Å². The summed E-state index contributed by atoms with van der Waals surface area (Å²) in [5, 5.41) is 2.75. The number of hydrogen-bond donors (Lipinski definition) is 1. The summed E-state index contributed by atoms with van der Waals surface area (Å²) < 4.78 is 0. The molecule has 0 aliphatic rings. The first kappa shape index (κ1) is 15.0. The fourth-order valence-electron chi connectivity index (χ4n) is 1.94. The molecule has 1 aromatic carbocycles. The van der Waals surface area contributed by atoms with E-state index >= 15 is 0 Å². The molecule has 0 unspecified atom stereocenters. The summed E-state index contributed by atoms with van der Waals surface area (Å²) in [6.07, 6.45) is 5.00. The average Bonchev–Trinajstić information content (AvgIpc) is 2.45. The number of carbonyl (C=O) groups excluding carboxylic acids is 1. The lowest BCUT2D eigenvalue weighted by atomic mass is 10.0. The smallest absolute Gasteiger partial charge is 0.249 e. The van der Waals surface area contributed by atoms with Gasteiger partial charge in [-0.1, -0.05) is 38.1 Å². The number of nitrogens with zero attached hydrogens (tertiary/aromatic N) is 1. The second-order valence-corrected chi connectivity index (χ2v) is 5.36. The summed E-state index contributed by atoms with van der Waals surface area (Å²) in [6.45, 7) is 6.28. The first-order valence-corrected chi connectivity index (χ1v) is 7.06. The first-order valence-electron chi connectivity index (χ1n) is 7.06. The van der Waals surface area contributed by atoms with Crippen molar-refractivity contribution in [1.29, 1.82) is 0 Å². The molecule has 0 saturated heterocycles. The minimum absolute atomic E-state index is 0.180. The molecule has 2 aromatic rings. The van der Waals surface area contributed by atoms with Gasteiger partial charge in [0, 0.05) is 12.3 Å². The Hall–Kier alpha value is -2.42. The standard InChI is InChI=1S/C18H20N2O/c1-13(2)16-7-4-15(5-8-16)6-9-18(21)20-17-12-14(3)10-11-19-17/h4-13H,1-3H3,(H,19,20,21)/b9-6+. The van der Waals surface area contributed by atoms with Gasteiger partial charge in [0.15, 0.2) is 0 Å². The fraction of sp³-hybridized carbons (Fsp3) is 0.222. The Kier molecular flexibility index (Phi) is 4.88. The van der Waals surface area contributed by atoms with Crippen LogP contribution >= 0.6 is 0 Å². The van der Waals surface area contributed by atoms with Crippen LogP contribution in [0.5, 0.6) is 0 Å². The number of rotatable bonds is 4. The molecule has 2 rings (SSSR count). The zero-order valence-corrected chi connectivity index (χ0v) is 12.6. The molecule has 0 fully saturated rings. The van der Waals surface area contributed by atoms with E-state index in [4.69, 9.17) is 0 Å². The Morgan fingerprint density at radius 2 is 1.90 bits per heavy atom. The minimum atomic E-state index is -0.180. The van der Waals surface area contributed by atoms with Crippen LogP contribution in [0.2, 0.25) is 0 Å². The van der Waals surface area contributed by atoms with Gasteiger partial charge in [-0.25, -0.2) is 4.98 Å². The number of anilines is 1. The molecule has 1 N–H and O–H groups in total. The molecule has 108 valence electrons. The number of hydrogen-bond acceptors (Lipinski definition) is 2. The SMILES string of the molecule is Cc1ccnc(NC(=O)/C=C/c2ccc(C(C)C)cc2)c1. The normalized spacial score (nSPS) is 11.0. The third kappa shape index (κ3) is 4.56. The van der Waals surface area contributed by atoms with Crippen molar-refractivity contribution in [3.8, 4) is 0 Å². The maximum Gasteiger partial charge on any atom is 0.249 e. The molecule has 0 spiro atoms. The van der Waals surface area contributed by atoms with Crippen molar-refractivity contribution in [3.05, 3.63) is 65.4 Å². The van der Waals surface area contributed by atoms with Gasteiger partial charge in [-0.05, 0) is 47.7 Å². The molecule has 21 heavy (non-hydrogen) atoms. The molecular weight excluding hydrogens is 260 g/mol. The number of benzene rings is 1. The van der Waals surface area contributed by atoms with Crippen LogP contribution in [0.3, 0.4) is 0 Å². The number of aryl methyl sites for hydroxylation is 1. The van der Waals surface area contributed by atoms with Gasteiger partial charge in [0.1, 0.15) is 5.82 Å². The van der Waals surface area contributed by atoms with Gasteiger partial charge >= 0.3 is 0 Å². The molecule has 3 nitrogen and oxygen atoms in total. The van der Waals surface area contributed by atoms with E-state index in [9.17, 15) is 4.79 Å². The molecule has 0 aliphatic heterocycles. The van der Waals surface area contributed by atoms with E-state index in [1.54, 1.807) is 12.3 Å². The topological polar surface area (TPSA) is 42.0 Å². The second kappa shape index (κ2) is 6.84. The van der Waals surface area contributed by atoms with Crippen LogP contribution in [0.4, 0.5) is 5.82 Å². The van der Waals surface area contributed by atoms with Gasteiger partial charge in [0.05, 0.1) is 0 Å². The average molecular weight is 280 g/mol. The molecule has 0 radical (unpaired) electrons. The maximum atomic E-state index is 11.8. The summed E-state index contributed by atoms with van der Waals surface area (Å²) in [7, 11) is 0. The Balaban J connectivity index is 1.98. The van der Waals surface area contributed by atoms with Crippen LogP contribution in [-0.2, 0) is 4.79 Å². The lowest BCUT2D eigenvalue weighted by molar-refractivity contribution is -0.111. The van der Waals surface area contributed by atoms with Gasteiger partial charge in [-0.15, -0.1) is 0 Å². The molecule has 0 saturated carbocycles. The molecule has 0 bridgehead atoms. The van der Waals surface area contributed by atoms with Gasteiger partial charge in [0.25, 0.3) is 0 Å². The maximum absolute atomic E-state index is 11.8. The van der Waals surface area contributed by atoms with Gasteiger partial charge < -0.3 is 5.32 Å². The van der Waals surface area contributed by atoms with Crippen molar-refractivity contribution < 1.29 is 4.79 Å². The lowest BCUT2D eigenvalue weighted by Gasteiger charge is -2.04. The third-order valence-electron chi connectivity index (χ3n) is 3.20. The molecule has 3 heteroatoms. The van der Waals surface area contributed by atoms with Crippen molar-refractivity contribution in [2.75, 3.05) is 5.32 Å². The number of nitrogens with one attached hydrogen (secondary N) is 1. The summed E-state index contributed by atoms with van der Waals surface area (Å²) >= 11 is 0. The Morgan fingerprint density at radius 3 is 2.52 bits per heavy atom. The molecular formula is C18H20N2O. The van der Waals surface area contributed by atoms with Gasteiger partial charge in [-0.2, -0.15) is 0 Å². The molecule has 1 aromatic heterocycles. The van der Waals surface area contributed by atoms with Crippen LogP contribution in [0.25, 0.3) is 6.08 Å². The largest absolute Gasteiger partial charge is 0.307 e. The zero-order valence-electron chi connectivity index (χ0n) is 12.6. The summed E-state index contributed by atoms with van der Waals surface area (Å²) in [4.78, 5) is 15.9. The highest BCUT2D eigenvalue weighted by atomic mass is 16.1. The van der Waals surface area contributed by atoms with Gasteiger partial charge in [-0.3, -0.25) is 4.79 Å². The second-order valence-electron chi connectivity index (χ2n) is 5.36. The molecule has 0 aliphatic carbocycles. The van der Waals surface area contributed by atoms with Crippen molar-refractivity contribution in [3.63, 3.8) is 0 Å². The van der Waals surface area contributed by atoms with E-state index in [2.05, 4.69) is 36.3 Å². The first-order chi connectivity index (χ1) is 10.0. The third-order valence-corrected chi connectivity index (χ3v) is 3.20. The highest BCUT2D eigenvalue weighted by Gasteiger charge is 2.00. The lowest BCUT2D eigenvalue weighted by Crippen LogP contribution is -2.09. The number of aromatic nitrogens is 1. The quantitative estimate of drug-likeness (QED) is 0.854. The Morgan fingerprint density at radius 1 is 1.19 bits per heavy atom. The van der Waals surface area contributed by atoms with E-state index < -0.39 is 0 Å². The minimum Gasteiger partial charge on any atom is -0.307 e. The van der Waals surface area contributed by atoms with Crippen LogP contribution in [0, 0.1) is 6.92 Å².